The van der Waals surface area contributed by atoms with E-state index in [1.807, 2.05) is 13.8 Å². The van der Waals surface area contributed by atoms with Crippen molar-refractivity contribution in [3.05, 3.63) is 29.6 Å². The lowest BCUT2D eigenvalue weighted by Gasteiger charge is -2.12. The van der Waals surface area contributed by atoms with Gasteiger partial charge in [0.1, 0.15) is 18.2 Å². The van der Waals surface area contributed by atoms with Gasteiger partial charge in [0.2, 0.25) is 0 Å². The SMILES string of the molecule is CC(=NO)c1ccc(F)cc1OCCOC(C)C. The molecule has 1 aromatic carbocycles. The Kier molecular flexibility index (Phi) is 5.58. The Labute approximate surface area is 106 Å². The zero-order valence-corrected chi connectivity index (χ0v) is 10.8. The Bertz CT molecular complexity index is 419. The molecule has 1 aromatic rings. The van der Waals surface area contributed by atoms with Crippen LogP contribution in [-0.4, -0.2) is 30.2 Å². The Hall–Kier alpha value is -1.62. The first-order valence-corrected chi connectivity index (χ1v) is 5.77. The molecule has 4 nitrogen and oxygen atoms in total. The van der Waals surface area contributed by atoms with Gasteiger partial charge in [0.05, 0.1) is 18.4 Å². The van der Waals surface area contributed by atoms with Gasteiger partial charge in [-0.3, -0.25) is 0 Å². The van der Waals surface area contributed by atoms with Crippen LogP contribution in [0.15, 0.2) is 23.4 Å². The van der Waals surface area contributed by atoms with E-state index in [0.29, 0.717) is 30.2 Å². The van der Waals surface area contributed by atoms with Gasteiger partial charge in [0.15, 0.2) is 0 Å². The van der Waals surface area contributed by atoms with Crippen LogP contribution in [0.25, 0.3) is 0 Å². The zero-order valence-electron chi connectivity index (χ0n) is 10.8. The van der Waals surface area contributed by atoms with Gasteiger partial charge in [-0.25, -0.2) is 4.39 Å². The molecule has 18 heavy (non-hydrogen) atoms. The van der Waals surface area contributed by atoms with E-state index < -0.39 is 5.82 Å². The predicted molar refractivity (Wildman–Crippen MR) is 67.0 cm³/mol. The molecule has 0 fully saturated rings. The van der Waals surface area contributed by atoms with Crippen LogP contribution in [0.3, 0.4) is 0 Å². The molecule has 0 aliphatic carbocycles. The maximum atomic E-state index is 13.1. The Morgan fingerprint density at radius 3 is 2.72 bits per heavy atom. The summed E-state index contributed by atoms with van der Waals surface area (Å²) in [5.41, 5.74) is 0.929. The first-order chi connectivity index (χ1) is 8.54. The van der Waals surface area contributed by atoms with Crippen molar-refractivity contribution in [3.63, 3.8) is 0 Å². The van der Waals surface area contributed by atoms with Gasteiger partial charge in [-0.05, 0) is 32.9 Å². The topological polar surface area (TPSA) is 51.1 Å². The summed E-state index contributed by atoms with van der Waals surface area (Å²) in [5.74, 6) is -0.0538. The number of ether oxygens (including phenoxy) is 2. The summed E-state index contributed by atoms with van der Waals surface area (Å²) in [6.45, 7) is 6.20. The predicted octanol–water partition coefficient (Wildman–Crippen LogP) is 2.83. The minimum Gasteiger partial charge on any atom is -0.490 e. The fraction of sp³-hybridized carbons (Fsp3) is 0.462. The highest BCUT2D eigenvalue weighted by Gasteiger charge is 2.09. The standard InChI is InChI=1S/C13H18FNO3/c1-9(2)17-6-7-18-13-8-11(14)4-5-12(13)10(3)15-16/h4-5,8-9,16H,6-7H2,1-3H3. The smallest absolute Gasteiger partial charge is 0.131 e. The van der Waals surface area contributed by atoms with E-state index >= 15 is 0 Å². The number of oxime groups is 1. The molecule has 0 aromatic heterocycles. The van der Waals surface area contributed by atoms with E-state index in [9.17, 15) is 4.39 Å². The van der Waals surface area contributed by atoms with Crippen LogP contribution in [0.4, 0.5) is 4.39 Å². The van der Waals surface area contributed by atoms with Crippen LogP contribution in [-0.2, 0) is 4.74 Å². The minimum absolute atomic E-state index is 0.126. The summed E-state index contributed by atoms with van der Waals surface area (Å²) < 4.78 is 23.9. The highest BCUT2D eigenvalue weighted by molar-refractivity contribution is 6.00. The third-order valence-electron chi connectivity index (χ3n) is 2.28. The van der Waals surface area contributed by atoms with Gasteiger partial charge in [-0.15, -0.1) is 0 Å². The minimum atomic E-state index is -0.399. The number of halogens is 1. The van der Waals surface area contributed by atoms with Gasteiger partial charge in [0.25, 0.3) is 0 Å². The third-order valence-corrected chi connectivity index (χ3v) is 2.28. The van der Waals surface area contributed by atoms with Gasteiger partial charge in [0, 0.05) is 11.6 Å². The number of benzene rings is 1. The maximum absolute atomic E-state index is 13.1. The molecule has 0 atom stereocenters. The fourth-order valence-electron chi connectivity index (χ4n) is 1.40. The zero-order chi connectivity index (χ0) is 13.5. The number of hydrogen-bond donors (Lipinski definition) is 1. The normalized spacial score (nSPS) is 11.9. The number of rotatable bonds is 6. The number of hydrogen-bond acceptors (Lipinski definition) is 4. The van der Waals surface area contributed by atoms with Crippen LogP contribution in [0, 0.1) is 5.82 Å². The van der Waals surface area contributed by atoms with Crippen LogP contribution in [0.1, 0.15) is 26.3 Å². The lowest BCUT2D eigenvalue weighted by Crippen LogP contribution is -2.12. The molecule has 1 N–H and O–H groups in total. The fourth-order valence-corrected chi connectivity index (χ4v) is 1.40. The Balaban J connectivity index is 2.71. The van der Waals surface area contributed by atoms with Crippen molar-refractivity contribution in [1.29, 1.82) is 0 Å². The van der Waals surface area contributed by atoms with Crippen molar-refractivity contribution < 1.29 is 19.1 Å². The molecule has 0 heterocycles. The molecule has 0 aliphatic heterocycles. The maximum Gasteiger partial charge on any atom is 0.131 e. The van der Waals surface area contributed by atoms with Crippen molar-refractivity contribution in [2.45, 2.75) is 26.9 Å². The second kappa shape index (κ2) is 6.96. The molecule has 0 spiro atoms. The van der Waals surface area contributed by atoms with E-state index in [0.717, 1.165) is 0 Å². The van der Waals surface area contributed by atoms with Crippen LogP contribution < -0.4 is 4.74 Å². The summed E-state index contributed by atoms with van der Waals surface area (Å²) in [5, 5.41) is 11.8. The van der Waals surface area contributed by atoms with Crippen LogP contribution >= 0.6 is 0 Å². The summed E-state index contributed by atoms with van der Waals surface area (Å²) >= 11 is 0. The van der Waals surface area contributed by atoms with Crippen molar-refractivity contribution in [2.24, 2.45) is 5.16 Å². The van der Waals surface area contributed by atoms with Crippen molar-refractivity contribution >= 4 is 5.71 Å². The average molecular weight is 255 g/mol. The molecule has 0 saturated heterocycles. The summed E-state index contributed by atoms with van der Waals surface area (Å²) in [6, 6.07) is 4.07. The van der Waals surface area contributed by atoms with Gasteiger partial charge < -0.3 is 14.7 Å². The first-order valence-electron chi connectivity index (χ1n) is 5.77. The van der Waals surface area contributed by atoms with Gasteiger partial charge in [-0.2, -0.15) is 0 Å². The lowest BCUT2D eigenvalue weighted by molar-refractivity contribution is 0.0551. The highest BCUT2D eigenvalue weighted by atomic mass is 19.1. The molecule has 0 saturated carbocycles. The molecule has 0 amide bonds. The molecule has 5 heteroatoms. The van der Waals surface area contributed by atoms with E-state index in [2.05, 4.69) is 5.16 Å². The Morgan fingerprint density at radius 2 is 2.11 bits per heavy atom. The molecule has 0 aliphatic rings. The third kappa shape index (κ3) is 4.33. The molecule has 0 unspecified atom stereocenters. The van der Waals surface area contributed by atoms with Crippen molar-refractivity contribution in [2.75, 3.05) is 13.2 Å². The number of nitrogens with zero attached hydrogens (tertiary/aromatic N) is 1. The van der Waals surface area contributed by atoms with E-state index in [-0.39, 0.29) is 6.10 Å². The molecular formula is C13H18FNO3. The molecule has 1 rings (SSSR count). The quantitative estimate of drug-likeness (QED) is 0.368. The molecule has 0 radical (unpaired) electrons. The van der Waals surface area contributed by atoms with Gasteiger partial charge >= 0.3 is 0 Å². The highest BCUT2D eigenvalue weighted by Crippen LogP contribution is 2.20. The van der Waals surface area contributed by atoms with E-state index in [4.69, 9.17) is 14.7 Å². The largest absolute Gasteiger partial charge is 0.490 e. The monoisotopic (exact) mass is 255 g/mol. The Morgan fingerprint density at radius 1 is 1.39 bits per heavy atom. The summed E-state index contributed by atoms with van der Waals surface area (Å²) in [6.07, 6.45) is 0.126. The van der Waals surface area contributed by atoms with Crippen LogP contribution in [0.5, 0.6) is 5.75 Å². The van der Waals surface area contributed by atoms with E-state index in [1.165, 1.54) is 18.2 Å². The molecule has 100 valence electrons. The van der Waals surface area contributed by atoms with Crippen LogP contribution in [0.2, 0.25) is 0 Å². The first kappa shape index (κ1) is 14.4. The molecule has 0 bridgehead atoms. The second-order valence-corrected chi connectivity index (χ2v) is 4.09. The molecular weight excluding hydrogens is 237 g/mol. The summed E-state index contributed by atoms with van der Waals surface area (Å²) in [7, 11) is 0. The van der Waals surface area contributed by atoms with Gasteiger partial charge in [-0.1, -0.05) is 5.16 Å². The van der Waals surface area contributed by atoms with Crippen molar-refractivity contribution in [3.8, 4) is 5.75 Å². The average Bonchev–Trinajstić information content (AvgIpc) is 2.33. The van der Waals surface area contributed by atoms with E-state index in [1.54, 1.807) is 6.92 Å². The summed E-state index contributed by atoms with van der Waals surface area (Å²) in [4.78, 5) is 0. The second-order valence-electron chi connectivity index (χ2n) is 4.09. The van der Waals surface area contributed by atoms with Crippen molar-refractivity contribution in [1.82, 2.24) is 0 Å². The lowest BCUT2D eigenvalue weighted by atomic mass is 10.1.